The highest BCUT2D eigenvalue weighted by Crippen LogP contribution is 2.28. The second-order valence-corrected chi connectivity index (χ2v) is 6.89. The molecule has 0 atom stereocenters. The summed E-state index contributed by atoms with van der Waals surface area (Å²) in [6.45, 7) is 2.81. The molecule has 114 valence electrons. The van der Waals surface area contributed by atoms with Crippen molar-refractivity contribution in [3.8, 4) is 0 Å². The molecule has 6 nitrogen and oxygen atoms in total. The summed E-state index contributed by atoms with van der Waals surface area (Å²) < 4.78 is 6.69. The van der Waals surface area contributed by atoms with Crippen LogP contribution < -0.4 is 0 Å². The highest BCUT2D eigenvalue weighted by atomic mass is 35.5. The first-order valence-electron chi connectivity index (χ1n) is 7.30. The zero-order chi connectivity index (χ0) is 14.9. The van der Waals surface area contributed by atoms with E-state index < -0.39 is 0 Å². The summed E-state index contributed by atoms with van der Waals surface area (Å²) in [4.78, 5) is 2.38. The SMILES string of the molecule is Clc1snnc1CN1CCC(c2nnc3ccccn23)CC1. The Hall–Kier alpha value is -1.57. The fourth-order valence-electron chi connectivity index (χ4n) is 2.99. The summed E-state index contributed by atoms with van der Waals surface area (Å²) in [5.74, 6) is 1.53. The number of halogens is 1. The van der Waals surface area contributed by atoms with E-state index in [1.165, 1.54) is 11.5 Å². The highest BCUT2D eigenvalue weighted by Gasteiger charge is 2.25. The van der Waals surface area contributed by atoms with Crippen molar-refractivity contribution in [1.82, 2.24) is 29.1 Å². The number of pyridine rings is 1. The summed E-state index contributed by atoms with van der Waals surface area (Å²) in [5, 5.41) is 12.7. The molecule has 0 bridgehead atoms. The van der Waals surface area contributed by atoms with E-state index in [9.17, 15) is 0 Å². The van der Waals surface area contributed by atoms with Gasteiger partial charge in [-0.3, -0.25) is 9.30 Å². The number of fused-ring (bicyclic) bond motifs is 1. The molecule has 3 aromatic heterocycles. The average molecular weight is 335 g/mol. The number of aromatic nitrogens is 5. The van der Waals surface area contributed by atoms with Gasteiger partial charge in [0.25, 0.3) is 0 Å². The van der Waals surface area contributed by atoms with Crippen LogP contribution in [0.3, 0.4) is 0 Å². The molecule has 8 heteroatoms. The fourth-order valence-corrected chi connectivity index (χ4v) is 3.60. The lowest BCUT2D eigenvalue weighted by Gasteiger charge is -2.30. The molecule has 4 heterocycles. The van der Waals surface area contributed by atoms with Gasteiger partial charge in [0.05, 0.1) is 0 Å². The Bertz CT molecular complexity index is 776. The Morgan fingerprint density at radius 2 is 2.05 bits per heavy atom. The highest BCUT2D eigenvalue weighted by molar-refractivity contribution is 7.10. The third-order valence-corrected chi connectivity index (χ3v) is 5.16. The van der Waals surface area contributed by atoms with Crippen LogP contribution in [0.5, 0.6) is 0 Å². The van der Waals surface area contributed by atoms with Gasteiger partial charge in [-0.1, -0.05) is 22.2 Å². The van der Waals surface area contributed by atoms with E-state index in [2.05, 4.69) is 29.1 Å². The van der Waals surface area contributed by atoms with E-state index in [4.69, 9.17) is 11.6 Å². The van der Waals surface area contributed by atoms with Crippen molar-refractivity contribution in [3.63, 3.8) is 0 Å². The lowest BCUT2D eigenvalue weighted by Crippen LogP contribution is -2.33. The van der Waals surface area contributed by atoms with Gasteiger partial charge in [-0.15, -0.1) is 15.3 Å². The van der Waals surface area contributed by atoms with E-state index in [1.807, 2.05) is 24.4 Å². The summed E-state index contributed by atoms with van der Waals surface area (Å²) >= 11 is 7.33. The predicted octanol–water partition coefficient (Wildman–Crippen LogP) is 2.61. The molecule has 3 aromatic rings. The molecule has 0 N–H and O–H groups in total. The van der Waals surface area contributed by atoms with E-state index >= 15 is 0 Å². The Balaban J connectivity index is 1.44. The number of hydrogen-bond donors (Lipinski definition) is 0. The van der Waals surface area contributed by atoms with Crippen LogP contribution in [0.2, 0.25) is 4.34 Å². The molecule has 0 spiro atoms. The van der Waals surface area contributed by atoms with Gasteiger partial charge in [0, 0.05) is 30.2 Å². The van der Waals surface area contributed by atoms with Crippen LogP contribution in [0.1, 0.15) is 30.3 Å². The van der Waals surface area contributed by atoms with Gasteiger partial charge in [-0.2, -0.15) is 0 Å². The number of nitrogens with zero attached hydrogens (tertiary/aromatic N) is 6. The quantitative estimate of drug-likeness (QED) is 0.737. The average Bonchev–Trinajstić information content (AvgIpc) is 3.15. The first-order valence-corrected chi connectivity index (χ1v) is 8.45. The van der Waals surface area contributed by atoms with E-state index in [0.717, 1.165) is 49.6 Å². The largest absolute Gasteiger partial charge is 0.297 e. The van der Waals surface area contributed by atoms with Gasteiger partial charge < -0.3 is 0 Å². The van der Waals surface area contributed by atoms with E-state index in [0.29, 0.717) is 10.3 Å². The second-order valence-electron chi connectivity index (χ2n) is 5.53. The van der Waals surface area contributed by atoms with Crippen LogP contribution in [0.4, 0.5) is 0 Å². The summed E-state index contributed by atoms with van der Waals surface area (Å²) in [6, 6.07) is 6.00. The molecule has 4 rings (SSSR count). The van der Waals surface area contributed by atoms with Crippen molar-refractivity contribution in [2.45, 2.75) is 25.3 Å². The number of piperidine rings is 1. The van der Waals surface area contributed by atoms with Crippen molar-refractivity contribution in [3.05, 3.63) is 40.3 Å². The van der Waals surface area contributed by atoms with Crippen LogP contribution >= 0.6 is 23.1 Å². The molecule has 0 amide bonds. The van der Waals surface area contributed by atoms with Crippen molar-refractivity contribution in [1.29, 1.82) is 0 Å². The minimum atomic E-state index is 0.456. The second kappa shape index (κ2) is 5.91. The Kier molecular flexibility index (Phi) is 3.77. The molecular weight excluding hydrogens is 320 g/mol. The third-order valence-electron chi connectivity index (χ3n) is 4.18. The standard InChI is InChI=1S/C14H15ClN6S/c15-13-11(16-19-22-13)9-20-7-4-10(5-8-20)14-18-17-12-3-1-2-6-21(12)14/h1-3,6,10H,4-5,7-9H2. The maximum absolute atomic E-state index is 6.08. The van der Waals surface area contributed by atoms with E-state index in [1.54, 1.807) is 0 Å². The summed E-state index contributed by atoms with van der Waals surface area (Å²) in [7, 11) is 0. The predicted molar refractivity (Wildman–Crippen MR) is 85.2 cm³/mol. The molecule has 0 saturated carbocycles. The number of likely N-dealkylation sites (tertiary alicyclic amines) is 1. The minimum Gasteiger partial charge on any atom is -0.297 e. The normalized spacial score (nSPS) is 17.3. The van der Waals surface area contributed by atoms with Gasteiger partial charge in [0.2, 0.25) is 0 Å². The Morgan fingerprint density at radius 1 is 1.18 bits per heavy atom. The van der Waals surface area contributed by atoms with Crippen LogP contribution in [0, 0.1) is 0 Å². The van der Waals surface area contributed by atoms with Crippen LogP contribution in [-0.4, -0.2) is 42.2 Å². The van der Waals surface area contributed by atoms with E-state index in [-0.39, 0.29) is 0 Å². The first-order chi connectivity index (χ1) is 10.8. The van der Waals surface area contributed by atoms with Crippen molar-refractivity contribution in [2.24, 2.45) is 0 Å². The Labute approximate surface area is 136 Å². The van der Waals surface area contributed by atoms with Gasteiger partial charge in [-0.25, -0.2) is 0 Å². The molecule has 1 aliphatic rings. The smallest absolute Gasteiger partial charge is 0.160 e. The van der Waals surface area contributed by atoms with Crippen LogP contribution in [0.25, 0.3) is 5.65 Å². The molecule has 0 radical (unpaired) electrons. The topological polar surface area (TPSA) is 59.2 Å². The molecule has 22 heavy (non-hydrogen) atoms. The monoisotopic (exact) mass is 334 g/mol. The number of rotatable bonds is 3. The maximum atomic E-state index is 6.08. The first kappa shape index (κ1) is 14.0. The van der Waals surface area contributed by atoms with Crippen LogP contribution in [0.15, 0.2) is 24.4 Å². The maximum Gasteiger partial charge on any atom is 0.160 e. The van der Waals surface area contributed by atoms with Crippen molar-refractivity contribution >= 4 is 28.8 Å². The van der Waals surface area contributed by atoms with Gasteiger partial charge in [0.1, 0.15) is 15.9 Å². The lowest BCUT2D eigenvalue weighted by molar-refractivity contribution is 0.199. The molecule has 1 saturated heterocycles. The molecule has 0 aromatic carbocycles. The van der Waals surface area contributed by atoms with Gasteiger partial charge >= 0.3 is 0 Å². The molecule has 0 aliphatic carbocycles. The summed E-state index contributed by atoms with van der Waals surface area (Å²) in [5.41, 5.74) is 1.80. The van der Waals surface area contributed by atoms with Gasteiger partial charge in [0.15, 0.2) is 5.65 Å². The fraction of sp³-hybridized carbons (Fsp3) is 0.429. The zero-order valence-electron chi connectivity index (χ0n) is 11.9. The Morgan fingerprint density at radius 3 is 2.82 bits per heavy atom. The van der Waals surface area contributed by atoms with Crippen LogP contribution in [-0.2, 0) is 6.54 Å². The minimum absolute atomic E-state index is 0.456. The molecule has 1 fully saturated rings. The molecule has 0 unspecified atom stereocenters. The van der Waals surface area contributed by atoms with Gasteiger partial charge in [-0.05, 0) is 38.1 Å². The lowest BCUT2D eigenvalue weighted by atomic mass is 9.96. The van der Waals surface area contributed by atoms with Crippen molar-refractivity contribution in [2.75, 3.05) is 13.1 Å². The zero-order valence-corrected chi connectivity index (χ0v) is 13.5. The third kappa shape index (κ3) is 2.60. The van der Waals surface area contributed by atoms with Crippen molar-refractivity contribution < 1.29 is 0 Å². The summed E-state index contributed by atoms with van der Waals surface area (Å²) in [6.07, 6.45) is 4.19. The number of hydrogen-bond acceptors (Lipinski definition) is 6. The molecular formula is C14H15ClN6S. The molecule has 1 aliphatic heterocycles.